The predicted octanol–water partition coefficient (Wildman–Crippen LogP) is 2.07. The average Bonchev–Trinajstić information content (AvgIpc) is 2.59. The molecule has 0 unspecified atom stereocenters. The molecule has 1 aliphatic heterocycles. The standard InChI is InChI=1S/C19H29FN6O3/c1-19(2,3)29-18(27)26-8-6-12(7-9-26)11-28-15-5-4-13(10-14(15)20)24-17(23)25-16(21)22/h4-5,10,12H,6-9,11H2,1-3H3,(H6,21,22,23,24,25). The van der Waals surface area contributed by atoms with Gasteiger partial charge in [-0.1, -0.05) is 0 Å². The molecule has 160 valence electrons. The molecule has 2 rings (SSSR count). The van der Waals surface area contributed by atoms with Crippen molar-refractivity contribution < 1.29 is 18.7 Å². The number of ether oxygens (including phenoxy) is 2. The summed E-state index contributed by atoms with van der Waals surface area (Å²) in [6.45, 7) is 7.05. The highest BCUT2D eigenvalue weighted by Gasteiger charge is 2.27. The lowest BCUT2D eigenvalue weighted by Crippen LogP contribution is -2.42. The highest BCUT2D eigenvalue weighted by atomic mass is 19.1. The maximum absolute atomic E-state index is 14.3. The highest BCUT2D eigenvalue weighted by Crippen LogP contribution is 2.25. The average molecular weight is 408 g/mol. The summed E-state index contributed by atoms with van der Waals surface area (Å²) >= 11 is 0. The Hall–Kier alpha value is -3.04. The molecule has 10 heteroatoms. The Bertz CT molecular complexity index is 779. The first kappa shape index (κ1) is 22.3. The van der Waals surface area contributed by atoms with Crippen LogP contribution in [0, 0.1) is 11.7 Å². The van der Waals surface area contributed by atoms with Crippen molar-refractivity contribution in [3.63, 3.8) is 0 Å². The maximum atomic E-state index is 14.3. The third-order valence-electron chi connectivity index (χ3n) is 4.14. The molecule has 1 aliphatic rings. The van der Waals surface area contributed by atoms with Gasteiger partial charge in [0.05, 0.1) is 12.3 Å². The highest BCUT2D eigenvalue weighted by molar-refractivity contribution is 5.93. The van der Waals surface area contributed by atoms with Gasteiger partial charge in [-0.05, 0) is 51.7 Å². The number of benzene rings is 1. The third-order valence-corrected chi connectivity index (χ3v) is 4.14. The van der Waals surface area contributed by atoms with E-state index in [2.05, 4.69) is 9.98 Å². The van der Waals surface area contributed by atoms with Gasteiger partial charge in [0.25, 0.3) is 0 Å². The molecule has 1 amide bonds. The predicted molar refractivity (Wildman–Crippen MR) is 110 cm³/mol. The number of nitrogens with two attached hydrogens (primary N) is 3. The van der Waals surface area contributed by atoms with E-state index in [0.29, 0.717) is 19.7 Å². The minimum atomic E-state index is -0.560. The smallest absolute Gasteiger partial charge is 0.410 e. The molecule has 29 heavy (non-hydrogen) atoms. The van der Waals surface area contributed by atoms with Crippen LogP contribution < -0.4 is 21.9 Å². The Balaban J connectivity index is 1.85. The van der Waals surface area contributed by atoms with E-state index in [1.165, 1.54) is 12.1 Å². The van der Waals surface area contributed by atoms with Gasteiger partial charge in [0.2, 0.25) is 5.96 Å². The lowest BCUT2D eigenvalue weighted by molar-refractivity contribution is 0.0164. The Morgan fingerprint density at radius 1 is 1.24 bits per heavy atom. The normalized spacial score (nSPS) is 15.7. The zero-order chi connectivity index (χ0) is 21.6. The number of rotatable bonds is 4. The first-order chi connectivity index (χ1) is 13.5. The second-order valence-electron chi connectivity index (χ2n) is 7.84. The van der Waals surface area contributed by atoms with Crippen molar-refractivity contribution in [1.82, 2.24) is 4.90 Å². The number of hydrogen-bond acceptors (Lipinski definition) is 4. The fourth-order valence-electron chi connectivity index (χ4n) is 2.78. The van der Waals surface area contributed by atoms with Crippen molar-refractivity contribution in [2.45, 2.75) is 39.2 Å². The SMILES string of the molecule is CC(C)(C)OC(=O)N1CCC(COc2ccc(N=C(N)N=C(N)N)cc2F)CC1. The van der Waals surface area contributed by atoms with Crippen molar-refractivity contribution >= 4 is 23.7 Å². The van der Waals surface area contributed by atoms with Gasteiger partial charge in [-0.25, -0.2) is 14.2 Å². The molecular formula is C19H29FN6O3. The molecule has 6 N–H and O–H groups in total. The summed E-state index contributed by atoms with van der Waals surface area (Å²) in [6, 6.07) is 4.22. The fourth-order valence-corrected chi connectivity index (χ4v) is 2.78. The number of carbonyl (C=O) groups excluding carboxylic acids is 1. The molecule has 0 aliphatic carbocycles. The van der Waals surface area contributed by atoms with E-state index in [4.69, 9.17) is 26.7 Å². The molecule has 1 saturated heterocycles. The van der Waals surface area contributed by atoms with Gasteiger partial charge in [0.15, 0.2) is 17.5 Å². The summed E-state index contributed by atoms with van der Waals surface area (Å²) in [6.07, 6.45) is 1.22. The summed E-state index contributed by atoms with van der Waals surface area (Å²) < 4.78 is 25.3. The molecule has 0 atom stereocenters. The molecule has 0 aromatic heterocycles. The zero-order valence-electron chi connectivity index (χ0n) is 17.0. The molecule has 0 radical (unpaired) electrons. The van der Waals surface area contributed by atoms with Crippen LogP contribution in [-0.2, 0) is 4.74 Å². The molecule has 0 spiro atoms. The molecule has 0 saturated carbocycles. The van der Waals surface area contributed by atoms with Crippen LogP contribution >= 0.6 is 0 Å². The van der Waals surface area contributed by atoms with E-state index < -0.39 is 11.4 Å². The zero-order valence-corrected chi connectivity index (χ0v) is 17.0. The van der Waals surface area contributed by atoms with Crippen molar-refractivity contribution in [2.75, 3.05) is 19.7 Å². The van der Waals surface area contributed by atoms with Crippen molar-refractivity contribution in [3.05, 3.63) is 24.0 Å². The van der Waals surface area contributed by atoms with Gasteiger partial charge in [-0.2, -0.15) is 4.99 Å². The van der Waals surface area contributed by atoms with E-state index in [1.54, 1.807) is 11.0 Å². The summed E-state index contributed by atoms with van der Waals surface area (Å²) in [4.78, 5) is 21.3. The van der Waals surface area contributed by atoms with Gasteiger partial charge in [0.1, 0.15) is 5.60 Å². The molecular weight excluding hydrogens is 379 g/mol. The van der Waals surface area contributed by atoms with E-state index in [0.717, 1.165) is 12.8 Å². The van der Waals surface area contributed by atoms with Crippen molar-refractivity contribution in [1.29, 1.82) is 0 Å². The second-order valence-corrected chi connectivity index (χ2v) is 7.84. The number of halogens is 1. The van der Waals surface area contributed by atoms with Gasteiger partial charge in [-0.3, -0.25) is 0 Å². The summed E-state index contributed by atoms with van der Waals surface area (Å²) in [7, 11) is 0. The van der Waals surface area contributed by atoms with Gasteiger partial charge in [0, 0.05) is 19.2 Å². The Morgan fingerprint density at radius 3 is 2.45 bits per heavy atom. The third kappa shape index (κ3) is 7.47. The fraction of sp³-hybridized carbons (Fsp3) is 0.526. The summed E-state index contributed by atoms with van der Waals surface area (Å²) in [5, 5.41) is 0. The van der Waals surface area contributed by atoms with E-state index in [1.807, 2.05) is 20.8 Å². The van der Waals surface area contributed by atoms with Crippen LogP contribution in [0.25, 0.3) is 0 Å². The van der Waals surface area contributed by atoms with E-state index in [9.17, 15) is 9.18 Å². The monoisotopic (exact) mass is 408 g/mol. The number of hydrogen-bond donors (Lipinski definition) is 3. The van der Waals surface area contributed by atoms with Gasteiger partial charge < -0.3 is 31.6 Å². The first-order valence-electron chi connectivity index (χ1n) is 9.37. The van der Waals surface area contributed by atoms with Crippen LogP contribution in [0.5, 0.6) is 5.75 Å². The molecule has 9 nitrogen and oxygen atoms in total. The van der Waals surface area contributed by atoms with Crippen LogP contribution in [0.2, 0.25) is 0 Å². The quantitative estimate of drug-likeness (QED) is 0.514. The summed E-state index contributed by atoms with van der Waals surface area (Å²) in [5.74, 6) is -0.614. The number of nitrogens with zero attached hydrogens (tertiary/aromatic N) is 3. The first-order valence-corrected chi connectivity index (χ1v) is 9.37. The minimum Gasteiger partial charge on any atom is -0.490 e. The van der Waals surface area contributed by atoms with Crippen molar-refractivity contribution in [2.24, 2.45) is 33.1 Å². The van der Waals surface area contributed by atoms with E-state index in [-0.39, 0.29) is 35.4 Å². The number of likely N-dealkylation sites (tertiary alicyclic amines) is 1. The molecule has 1 aromatic carbocycles. The second kappa shape index (κ2) is 9.44. The van der Waals surface area contributed by atoms with Gasteiger partial charge >= 0.3 is 6.09 Å². The van der Waals surface area contributed by atoms with E-state index >= 15 is 0 Å². The maximum Gasteiger partial charge on any atom is 0.410 e. The number of piperidine rings is 1. The molecule has 1 fully saturated rings. The molecule has 1 heterocycles. The lowest BCUT2D eigenvalue weighted by Gasteiger charge is -2.33. The minimum absolute atomic E-state index is 0.124. The largest absolute Gasteiger partial charge is 0.490 e. The number of guanidine groups is 2. The van der Waals surface area contributed by atoms with Gasteiger partial charge in [-0.15, -0.1) is 0 Å². The van der Waals surface area contributed by atoms with Crippen LogP contribution in [0.15, 0.2) is 28.2 Å². The Morgan fingerprint density at radius 2 is 1.90 bits per heavy atom. The van der Waals surface area contributed by atoms with Crippen LogP contribution in [0.3, 0.4) is 0 Å². The number of carbonyl (C=O) groups is 1. The van der Waals surface area contributed by atoms with Crippen LogP contribution in [0.1, 0.15) is 33.6 Å². The van der Waals surface area contributed by atoms with Crippen LogP contribution in [-0.4, -0.2) is 48.2 Å². The Labute approximate surface area is 169 Å². The Kier molecular flexibility index (Phi) is 7.24. The number of amides is 1. The summed E-state index contributed by atoms with van der Waals surface area (Å²) in [5.41, 5.74) is 15.7. The lowest BCUT2D eigenvalue weighted by atomic mass is 9.98. The van der Waals surface area contributed by atoms with Crippen LogP contribution in [0.4, 0.5) is 14.9 Å². The molecule has 0 bridgehead atoms. The topological polar surface area (TPSA) is 142 Å². The number of aliphatic imine (C=N–C) groups is 2. The van der Waals surface area contributed by atoms with Crippen molar-refractivity contribution in [3.8, 4) is 5.75 Å². The molecule has 1 aromatic rings.